The molecule has 10 heteroatoms. The molecule has 3 aromatic rings. The molecular weight excluding hydrogens is 586 g/mol. The first-order valence-electron chi connectivity index (χ1n) is 12.5. The normalized spacial score (nSPS) is 13.6. The van der Waals surface area contributed by atoms with Crippen LogP contribution in [-0.4, -0.2) is 58.4 Å². The number of rotatable bonds is 7. The molecule has 0 bridgehead atoms. The summed E-state index contributed by atoms with van der Waals surface area (Å²) in [5, 5.41) is 5.59. The molecular formula is C27H42FIN6O2. The van der Waals surface area contributed by atoms with Crippen LogP contribution in [0.4, 0.5) is 10.2 Å². The highest BCUT2D eigenvalue weighted by Crippen LogP contribution is 2.30. The summed E-state index contributed by atoms with van der Waals surface area (Å²) in [5.41, 5.74) is 3.56. The SMILES string of the molecule is CN(C)CC(=O)NC1CCCCC1.Cc1cnc(NC=O)cc1-c1cc(F)c2ncn(C(C)C)c2c1.I.[HH].[HH]. The van der Waals surface area contributed by atoms with Crippen molar-refractivity contribution in [3.63, 3.8) is 0 Å². The third-order valence-electron chi connectivity index (χ3n) is 6.24. The van der Waals surface area contributed by atoms with Crippen LogP contribution in [0, 0.1) is 12.7 Å². The van der Waals surface area contributed by atoms with Crippen LogP contribution in [-0.2, 0) is 9.59 Å². The molecule has 0 aliphatic heterocycles. The number of anilines is 1. The molecule has 2 aromatic heterocycles. The van der Waals surface area contributed by atoms with Gasteiger partial charge in [-0.25, -0.2) is 14.4 Å². The molecule has 0 radical (unpaired) electrons. The number of nitrogens with zero attached hydrogens (tertiary/aromatic N) is 4. The van der Waals surface area contributed by atoms with Gasteiger partial charge in [-0.15, -0.1) is 24.0 Å². The molecule has 2 amide bonds. The van der Waals surface area contributed by atoms with Crippen LogP contribution in [0.25, 0.3) is 22.2 Å². The summed E-state index contributed by atoms with van der Waals surface area (Å²) < 4.78 is 16.4. The first-order valence-corrected chi connectivity index (χ1v) is 12.5. The van der Waals surface area contributed by atoms with Crippen LogP contribution < -0.4 is 10.6 Å². The molecule has 8 nitrogen and oxygen atoms in total. The Labute approximate surface area is 238 Å². The van der Waals surface area contributed by atoms with Gasteiger partial charge in [0.05, 0.1) is 18.4 Å². The van der Waals surface area contributed by atoms with Gasteiger partial charge in [0.1, 0.15) is 11.3 Å². The van der Waals surface area contributed by atoms with Gasteiger partial charge in [-0.2, -0.15) is 0 Å². The first-order chi connectivity index (χ1) is 17.2. The van der Waals surface area contributed by atoms with Gasteiger partial charge in [0.2, 0.25) is 12.3 Å². The van der Waals surface area contributed by atoms with Gasteiger partial charge in [-0.1, -0.05) is 19.3 Å². The molecule has 1 aliphatic carbocycles. The summed E-state index contributed by atoms with van der Waals surface area (Å²) in [6, 6.07) is 5.74. The number of aryl methyl sites for hydroxylation is 1. The van der Waals surface area contributed by atoms with Crippen molar-refractivity contribution in [1.29, 1.82) is 0 Å². The standard InChI is InChI=1S/C17H17FN4O.C10H20N2O.HI.2H2/c1-10(2)22-8-20-17-14(18)4-12(5-15(17)22)13-6-16(21-9-23)19-7-11(13)3;1-12(2)8-10(13)11-9-6-4-3-5-7-9;;;/h4-10H,1-3H3,(H,19,21,23);9H,3-8H2,1-2H3,(H,11,13);3*1H. The zero-order chi connectivity index (χ0) is 26.2. The fourth-order valence-corrected chi connectivity index (χ4v) is 4.44. The Hall–Kier alpha value is -2.60. The lowest BCUT2D eigenvalue weighted by Gasteiger charge is -2.23. The van der Waals surface area contributed by atoms with Gasteiger partial charge >= 0.3 is 0 Å². The summed E-state index contributed by atoms with van der Waals surface area (Å²) >= 11 is 0. The van der Waals surface area contributed by atoms with Crippen molar-refractivity contribution in [1.82, 2.24) is 24.8 Å². The van der Waals surface area contributed by atoms with Crippen LogP contribution in [0.5, 0.6) is 0 Å². The van der Waals surface area contributed by atoms with Crippen molar-refractivity contribution in [2.75, 3.05) is 26.0 Å². The van der Waals surface area contributed by atoms with E-state index >= 15 is 0 Å². The average molecular weight is 629 g/mol. The number of pyridine rings is 1. The predicted octanol–water partition coefficient (Wildman–Crippen LogP) is 5.80. The second kappa shape index (κ2) is 14.4. The van der Waals surface area contributed by atoms with Gasteiger partial charge in [-0.05, 0) is 82.6 Å². The van der Waals surface area contributed by atoms with Crippen molar-refractivity contribution in [2.45, 2.75) is 65.0 Å². The summed E-state index contributed by atoms with van der Waals surface area (Å²) in [6.07, 6.45) is 10.1. The van der Waals surface area contributed by atoms with Crippen molar-refractivity contribution < 1.29 is 16.8 Å². The van der Waals surface area contributed by atoms with Crippen molar-refractivity contribution in [3.05, 3.63) is 42.1 Å². The Kier molecular flexibility index (Phi) is 11.9. The van der Waals surface area contributed by atoms with Crippen molar-refractivity contribution >= 4 is 53.1 Å². The van der Waals surface area contributed by atoms with E-state index in [1.807, 2.05) is 50.4 Å². The number of carbonyl (C=O) groups is 2. The zero-order valence-electron chi connectivity index (χ0n) is 22.3. The van der Waals surface area contributed by atoms with Crippen molar-refractivity contribution in [2.24, 2.45) is 0 Å². The van der Waals surface area contributed by atoms with E-state index in [2.05, 4.69) is 20.6 Å². The minimum atomic E-state index is -0.363. The van der Waals surface area contributed by atoms with E-state index in [0.29, 0.717) is 30.3 Å². The molecule has 0 spiro atoms. The van der Waals surface area contributed by atoms with E-state index in [4.69, 9.17) is 0 Å². The highest BCUT2D eigenvalue weighted by molar-refractivity contribution is 14.0. The molecule has 2 N–H and O–H groups in total. The molecule has 0 saturated heterocycles. The van der Waals surface area contributed by atoms with E-state index in [1.165, 1.54) is 38.2 Å². The van der Waals surface area contributed by atoms with E-state index in [0.717, 1.165) is 22.2 Å². The second-order valence-corrected chi connectivity index (χ2v) is 9.86. The number of likely N-dealkylation sites (N-methyl/N-ethyl adjacent to an activating group) is 1. The summed E-state index contributed by atoms with van der Waals surface area (Å²) in [5.74, 6) is 0.230. The number of hydrogen-bond acceptors (Lipinski definition) is 5. The first kappa shape index (κ1) is 30.6. The molecule has 1 aliphatic rings. The predicted molar refractivity (Wildman–Crippen MR) is 161 cm³/mol. The van der Waals surface area contributed by atoms with Gasteiger partial charge < -0.3 is 20.1 Å². The molecule has 4 rings (SSSR count). The maximum atomic E-state index is 14.4. The molecule has 0 unspecified atom stereocenters. The van der Waals surface area contributed by atoms with E-state index in [9.17, 15) is 14.0 Å². The maximum Gasteiger partial charge on any atom is 0.234 e. The van der Waals surface area contributed by atoms with Crippen LogP contribution in [0.3, 0.4) is 0 Å². The molecule has 2 heterocycles. The lowest BCUT2D eigenvalue weighted by atomic mass is 9.95. The molecule has 1 saturated carbocycles. The summed E-state index contributed by atoms with van der Waals surface area (Å²) in [6.45, 7) is 6.45. The topological polar surface area (TPSA) is 92.2 Å². The smallest absolute Gasteiger partial charge is 0.234 e. The number of amides is 2. The minimum absolute atomic E-state index is 0. The van der Waals surface area contributed by atoms with Crippen LogP contribution in [0.15, 0.2) is 30.7 Å². The van der Waals surface area contributed by atoms with Crippen LogP contribution in [0.2, 0.25) is 0 Å². The Bertz CT molecular complexity index is 1200. The molecule has 1 fully saturated rings. The number of benzene rings is 1. The fraction of sp³-hybridized carbons (Fsp3) is 0.481. The Morgan fingerprint density at radius 3 is 2.54 bits per heavy atom. The Balaban J connectivity index is 0.000000784. The zero-order valence-corrected chi connectivity index (χ0v) is 24.6. The monoisotopic (exact) mass is 628 g/mol. The Morgan fingerprint density at radius 2 is 1.92 bits per heavy atom. The van der Waals surface area contributed by atoms with Gasteiger partial charge in [0, 0.05) is 21.1 Å². The number of halogens is 2. The largest absolute Gasteiger partial charge is 0.352 e. The quantitative estimate of drug-likeness (QED) is 0.255. The van der Waals surface area contributed by atoms with Crippen LogP contribution >= 0.6 is 24.0 Å². The van der Waals surface area contributed by atoms with E-state index < -0.39 is 0 Å². The van der Waals surface area contributed by atoms with Gasteiger partial charge in [0.15, 0.2) is 5.82 Å². The van der Waals surface area contributed by atoms with Crippen molar-refractivity contribution in [3.8, 4) is 11.1 Å². The summed E-state index contributed by atoms with van der Waals surface area (Å²) in [4.78, 5) is 32.1. The minimum Gasteiger partial charge on any atom is -0.352 e. The number of aromatic nitrogens is 3. The summed E-state index contributed by atoms with van der Waals surface area (Å²) in [7, 11) is 3.83. The molecule has 1 aromatic carbocycles. The third kappa shape index (κ3) is 8.46. The Morgan fingerprint density at radius 1 is 1.22 bits per heavy atom. The second-order valence-electron chi connectivity index (χ2n) is 9.86. The highest BCUT2D eigenvalue weighted by Gasteiger charge is 2.16. The number of imidazole rings is 1. The van der Waals surface area contributed by atoms with E-state index in [1.54, 1.807) is 18.6 Å². The number of nitrogens with one attached hydrogen (secondary N) is 2. The number of hydrogen-bond donors (Lipinski definition) is 2. The number of carbonyl (C=O) groups excluding carboxylic acids is 2. The highest BCUT2D eigenvalue weighted by atomic mass is 127. The maximum absolute atomic E-state index is 14.4. The lowest BCUT2D eigenvalue weighted by Crippen LogP contribution is -2.40. The van der Waals surface area contributed by atoms with E-state index in [-0.39, 0.29) is 44.6 Å². The molecule has 37 heavy (non-hydrogen) atoms. The fourth-order valence-electron chi connectivity index (χ4n) is 4.44. The number of fused-ring (bicyclic) bond motifs is 1. The van der Waals surface area contributed by atoms with Gasteiger partial charge in [0.25, 0.3) is 0 Å². The average Bonchev–Trinajstić information content (AvgIpc) is 3.26. The lowest BCUT2D eigenvalue weighted by molar-refractivity contribution is -0.122. The van der Waals surface area contributed by atoms with Gasteiger partial charge in [-0.3, -0.25) is 9.59 Å². The third-order valence-corrected chi connectivity index (χ3v) is 6.24. The molecule has 206 valence electrons. The van der Waals surface area contributed by atoms with Crippen LogP contribution in [0.1, 0.15) is 60.4 Å². The molecule has 0 atom stereocenters.